The van der Waals surface area contributed by atoms with Crippen LogP contribution in [0.5, 0.6) is 0 Å². The highest BCUT2D eigenvalue weighted by molar-refractivity contribution is 7.89. The van der Waals surface area contributed by atoms with Crippen molar-refractivity contribution < 1.29 is 17.7 Å². The molecule has 0 aliphatic carbocycles. The third-order valence-electron chi connectivity index (χ3n) is 3.30. The van der Waals surface area contributed by atoms with E-state index in [1.807, 2.05) is 19.1 Å². The van der Waals surface area contributed by atoms with Crippen molar-refractivity contribution >= 4 is 21.6 Å². The second-order valence-corrected chi connectivity index (χ2v) is 7.31. The van der Waals surface area contributed by atoms with E-state index in [1.165, 1.54) is 14.0 Å². The Hall–Kier alpha value is -2.19. The van der Waals surface area contributed by atoms with E-state index in [0.29, 0.717) is 5.69 Å². The molecular weight excluding hydrogens is 318 g/mol. The summed E-state index contributed by atoms with van der Waals surface area (Å²) in [5.74, 6) is -0.220. The van der Waals surface area contributed by atoms with Gasteiger partial charge in [-0.2, -0.15) is 4.31 Å². The molecule has 0 fully saturated rings. The SMILES string of the molecule is Cc1cccc(NC(=O)CN(C)S(=O)(=O)c2c(C)noc2C)c1. The maximum Gasteiger partial charge on any atom is 0.248 e. The third kappa shape index (κ3) is 3.77. The zero-order valence-corrected chi connectivity index (χ0v) is 14.3. The molecule has 2 rings (SSSR count). The second kappa shape index (κ2) is 6.51. The Morgan fingerprint density at radius 3 is 2.57 bits per heavy atom. The fraction of sp³-hybridized carbons (Fsp3) is 0.333. The molecule has 0 saturated carbocycles. The van der Waals surface area contributed by atoms with E-state index >= 15 is 0 Å². The predicted molar refractivity (Wildman–Crippen MR) is 85.6 cm³/mol. The van der Waals surface area contributed by atoms with Gasteiger partial charge in [-0.15, -0.1) is 0 Å². The van der Waals surface area contributed by atoms with E-state index in [9.17, 15) is 13.2 Å². The topological polar surface area (TPSA) is 92.5 Å². The van der Waals surface area contributed by atoms with Gasteiger partial charge in [-0.3, -0.25) is 4.79 Å². The molecule has 8 heteroatoms. The van der Waals surface area contributed by atoms with Crippen molar-refractivity contribution in [2.24, 2.45) is 0 Å². The van der Waals surface area contributed by atoms with Crippen LogP contribution in [0.15, 0.2) is 33.7 Å². The molecule has 0 unspecified atom stereocenters. The Morgan fingerprint density at radius 1 is 1.30 bits per heavy atom. The average molecular weight is 337 g/mol. The third-order valence-corrected chi connectivity index (χ3v) is 5.35. The molecule has 0 atom stereocenters. The van der Waals surface area contributed by atoms with Gasteiger partial charge < -0.3 is 9.84 Å². The molecule has 23 heavy (non-hydrogen) atoms. The summed E-state index contributed by atoms with van der Waals surface area (Å²) in [4.78, 5) is 12.1. The van der Waals surface area contributed by atoms with Crippen molar-refractivity contribution in [1.82, 2.24) is 9.46 Å². The number of anilines is 1. The smallest absolute Gasteiger partial charge is 0.248 e. The van der Waals surface area contributed by atoms with Crippen molar-refractivity contribution in [2.45, 2.75) is 25.7 Å². The Balaban J connectivity index is 2.12. The molecule has 0 aliphatic rings. The van der Waals surface area contributed by atoms with Gasteiger partial charge in [-0.25, -0.2) is 8.42 Å². The monoisotopic (exact) mass is 337 g/mol. The van der Waals surface area contributed by atoms with Crippen LogP contribution >= 0.6 is 0 Å². The lowest BCUT2D eigenvalue weighted by Crippen LogP contribution is -2.35. The quantitative estimate of drug-likeness (QED) is 0.899. The first-order chi connectivity index (χ1) is 10.7. The molecule has 1 N–H and O–H groups in total. The number of likely N-dealkylation sites (N-methyl/N-ethyl adjacent to an activating group) is 1. The fourth-order valence-corrected chi connectivity index (χ4v) is 3.62. The van der Waals surface area contributed by atoms with E-state index in [-0.39, 0.29) is 22.9 Å². The van der Waals surface area contributed by atoms with E-state index < -0.39 is 15.9 Å². The minimum Gasteiger partial charge on any atom is -0.360 e. The number of rotatable bonds is 5. The number of hydrogen-bond acceptors (Lipinski definition) is 5. The Bertz CT molecular complexity index is 807. The molecule has 124 valence electrons. The highest BCUT2D eigenvalue weighted by Gasteiger charge is 2.29. The van der Waals surface area contributed by atoms with Crippen LogP contribution in [0.4, 0.5) is 5.69 Å². The number of nitrogens with one attached hydrogen (secondary N) is 1. The largest absolute Gasteiger partial charge is 0.360 e. The molecular formula is C15H19N3O4S. The van der Waals surface area contributed by atoms with Gasteiger partial charge in [0.1, 0.15) is 10.6 Å². The predicted octanol–water partition coefficient (Wildman–Crippen LogP) is 1.86. The van der Waals surface area contributed by atoms with Crippen LogP contribution in [0.25, 0.3) is 0 Å². The van der Waals surface area contributed by atoms with Crippen LogP contribution in [-0.4, -0.2) is 37.4 Å². The van der Waals surface area contributed by atoms with E-state index in [2.05, 4.69) is 10.5 Å². The molecule has 0 radical (unpaired) electrons. The first kappa shape index (κ1) is 17.2. The van der Waals surface area contributed by atoms with Gasteiger partial charge in [0.15, 0.2) is 5.76 Å². The van der Waals surface area contributed by atoms with Gasteiger partial charge >= 0.3 is 0 Å². The minimum atomic E-state index is -3.84. The van der Waals surface area contributed by atoms with Crippen LogP contribution in [0.1, 0.15) is 17.0 Å². The lowest BCUT2D eigenvalue weighted by atomic mass is 10.2. The molecule has 1 aromatic heterocycles. The van der Waals surface area contributed by atoms with Crippen molar-refractivity contribution in [1.29, 1.82) is 0 Å². The number of aromatic nitrogens is 1. The van der Waals surface area contributed by atoms with Crippen LogP contribution in [0.3, 0.4) is 0 Å². The molecule has 1 amide bonds. The molecule has 2 aromatic rings. The molecule has 0 bridgehead atoms. The van der Waals surface area contributed by atoms with E-state index in [1.54, 1.807) is 19.1 Å². The molecule has 1 heterocycles. The summed E-state index contributed by atoms with van der Waals surface area (Å²) in [6, 6.07) is 7.27. The minimum absolute atomic E-state index is 0.00311. The summed E-state index contributed by atoms with van der Waals surface area (Å²) >= 11 is 0. The zero-order valence-electron chi connectivity index (χ0n) is 13.5. The van der Waals surface area contributed by atoms with Gasteiger partial charge in [0.2, 0.25) is 15.9 Å². The van der Waals surface area contributed by atoms with E-state index in [0.717, 1.165) is 9.87 Å². The first-order valence-electron chi connectivity index (χ1n) is 6.97. The number of amides is 1. The molecule has 1 aromatic carbocycles. The zero-order chi connectivity index (χ0) is 17.2. The van der Waals surface area contributed by atoms with Gasteiger partial charge in [-0.1, -0.05) is 17.3 Å². The number of hydrogen-bond donors (Lipinski definition) is 1. The van der Waals surface area contributed by atoms with Crippen LogP contribution in [0.2, 0.25) is 0 Å². The van der Waals surface area contributed by atoms with Crippen LogP contribution < -0.4 is 5.32 Å². The summed E-state index contributed by atoms with van der Waals surface area (Å²) in [5, 5.41) is 6.32. The number of carbonyl (C=O) groups is 1. The number of benzene rings is 1. The number of nitrogens with zero attached hydrogens (tertiary/aromatic N) is 2. The summed E-state index contributed by atoms with van der Waals surface area (Å²) in [6.45, 7) is 4.67. The lowest BCUT2D eigenvalue weighted by Gasteiger charge is -2.16. The van der Waals surface area contributed by atoms with Gasteiger partial charge in [0, 0.05) is 12.7 Å². The average Bonchev–Trinajstić information content (AvgIpc) is 2.78. The highest BCUT2D eigenvalue weighted by Crippen LogP contribution is 2.22. The maximum atomic E-state index is 12.5. The second-order valence-electron chi connectivity index (χ2n) is 5.33. The van der Waals surface area contributed by atoms with Crippen molar-refractivity contribution in [3.05, 3.63) is 41.3 Å². The van der Waals surface area contributed by atoms with Crippen LogP contribution in [-0.2, 0) is 14.8 Å². The Morgan fingerprint density at radius 2 is 2.00 bits per heavy atom. The summed E-state index contributed by atoms with van der Waals surface area (Å²) in [5.41, 5.74) is 1.89. The van der Waals surface area contributed by atoms with Crippen molar-refractivity contribution in [3.63, 3.8) is 0 Å². The standard InChI is InChI=1S/C15H19N3O4S/c1-10-6-5-7-13(8-10)16-14(19)9-18(4)23(20,21)15-11(2)17-22-12(15)3/h5-8H,9H2,1-4H3,(H,16,19). The summed E-state index contributed by atoms with van der Waals surface area (Å²) < 4.78 is 30.9. The molecule has 0 saturated heterocycles. The molecule has 7 nitrogen and oxygen atoms in total. The Kier molecular flexibility index (Phi) is 4.86. The van der Waals surface area contributed by atoms with Gasteiger partial charge in [0.25, 0.3) is 0 Å². The van der Waals surface area contributed by atoms with Crippen molar-refractivity contribution in [3.8, 4) is 0 Å². The van der Waals surface area contributed by atoms with Gasteiger partial charge in [-0.05, 0) is 38.5 Å². The molecule has 0 aliphatic heterocycles. The number of carbonyl (C=O) groups excluding carboxylic acids is 1. The number of sulfonamides is 1. The number of aryl methyl sites for hydroxylation is 3. The molecule has 0 spiro atoms. The first-order valence-corrected chi connectivity index (χ1v) is 8.41. The summed E-state index contributed by atoms with van der Waals surface area (Å²) in [7, 11) is -2.49. The van der Waals surface area contributed by atoms with Crippen molar-refractivity contribution in [2.75, 3.05) is 18.9 Å². The Labute approximate surface area is 135 Å². The lowest BCUT2D eigenvalue weighted by molar-refractivity contribution is -0.116. The fourth-order valence-electron chi connectivity index (χ4n) is 2.21. The highest BCUT2D eigenvalue weighted by atomic mass is 32.2. The van der Waals surface area contributed by atoms with Crippen LogP contribution in [0, 0.1) is 20.8 Å². The normalized spacial score (nSPS) is 11.7. The van der Waals surface area contributed by atoms with E-state index in [4.69, 9.17) is 4.52 Å². The van der Waals surface area contributed by atoms with Gasteiger partial charge in [0.05, 0.1) is 6.54 Å². The maximum absolute atomic E-state index is 12.5. The summed E-state index contributed by atoms with van der Waals surface area (Å²) in [6.07, 6.45) is 0.